The van der Waals surface area contributed by atoms with E-state index in [0.717, 1.165) is 22.1 Å². The minimum Gasteiger partial charge on any atom is -0.378 e. The first kappa shape index (κ1) is 10.8. The zero-order valence-corrected chi connectivity index (χ0v) is 10.2. The highest BCUT2D eigenvalue weighted by Gasteiger charge is 2.23. The minimum atomic E-state index is 0.989. The van der Waals surface area contributed by atoms with Gasteiger partial charge < -0.3 is 4.90 Å². The van der Waals surface area contributed by atoms with Crippen LogP contribution in [0.25, 0.3) is 0 Å². The quantitative estimate of drug-likeness (QED) is 0.762. The molecule has 2 rings (SSSR count). The van der Waals surface area contributed by atoms with Crippen molar-refractivity contribution in [1.29, 1.82) is 0 Å². The first-order chi connectivity index (χ1) is 7.59. The molecule has 4 heteroatoms. The van der Waals surface area contributed by atoms with E-state index >= 15 is 0 Å². The molecule has 1 aromatic carbocycles. The SMILES string of the molecule is CC1=NN=C(c2ccc(N(C)C)cc2)[NH+]1C. The van der Waals surface area contributed by atoms with Crippen molar-refractivity contribution in [1.82, 2.24) is 0 Å². The van der Waals surface area contributed by atoms with E-state index in [-0.39, 0.29) is 0 Å². The van der Waals surface area contributed by atoms with Crippen LogP contribution in [-0.4, -0.2) is 32.8 Å². The molecule has 1 unspecified atom stereocenters. The van der Waals surface area contributed by atoms with E-state index in [4.69, 9.17) is 0 Å². The highest BCUT2D eigenvalue weighted by molar-refractivity contribution is 6.00. The van der Waals surface area contributed by atoms with Crippen molar-refractivity contribution in [3.05, 3.63) is 29.8 Å². The number of amidine groups is 2. The molecule has 16 heavy (non-hydrogen) atoms. The maximum Gasteiger partial charge on any atom is 0.258 e. The summed E-state index contributed by atoms with van der Waals surface area (Å²) in [6.07, 6.45) is 0. The van der Waals surface area contributed by atoms with E-state index in [0.29, 0.717) is 0 Å². The number of hydrogen-bond acceptors (Lipinski definition) is 3. The van der Waals surface area contributed by atoms with Crippen molar-refractivity contribution in [2.45, 2.75) is 6.92 Å². The van der Waals surface area contributed by atoms with Crippen molar-refractivity contribution in [3.8, 4) is 0 Å². The number of benzene rings is 1. The second kappa shape index (κ2) is 4.06. The molecule has 0 fully saturated rings. The smallest absolute Gasteiger partial charge is 0.258 e. The maximum atomic E-state index is 4.20. The highest BCUT2D eigenvalue weighted by atomic mass is 15.4. The Morgan fingerprint density at radius 3 is 2.12 bits per heavy atom. The lowest BCUT2D eigenvalue weighted by Crippen LogP contribution is -3.12. The van der Waals surface area contributed by atoms with Crippen LogP contribution >= 0.6 is 0 Å². The molecule has 0 aliphatic carbocycles. The topological polar surface area (TPSA) is 32.4 Å². The maximum absolute atomic E-state index is 4.20. The summed E-state index contributed by atoms with van der Waals surface area (Å²) in [4.78, 5) is 3.25. The average Bonchev–Trinajstić information content (AvgIpc) is 2.60. The molecule has 0 amide bonds. The van der Waals surface area contributed by atoms with Crippen LogP contribution in [0.2, 0.25) is 0 Å². The summed E-state index contributed by atoms with van der Waals surface area (Å²) < 4.78 is 0. The fraction of sp³-hybridized carbons (Fsp3) is 0.333. The van der Waals surface area contributed by atoms with E-state index in [2.05, 4.69) is 46.4 Å². The molecule has 1 aromatic rings. The Hall–Kier alpha value is -1.68. The van der Waals surface area contributed by atoms with Gasteiger partial charge in [0, 0.05) is 26.7 Å². The van der Waals surface area contributed by atoms with Gasteiger partial charge in [0.2, 0.25) is 5.84 Å². The Morgan fingerprint density at radius 1 is 1.06 bits per heavy atom. The van der Waals surface area contributed by atoms with E-state index < -0.39 is 0 Å². The molecule has 0 spiro atoms. The van der Waals surface area contributed by atoms with Crippen LogP contribution in [0.3, 0.4) is 0 Å². The Kier molecular flexibility index (Phi) is 2.75. The third kappa shape index (κ3) is 1.84. The molecule has 0 radical (unpaired) electrons. The molecule has 1 atom stereocenters. The second-order valence-electron chi connectivity index (χ2n) is 4.20. The summed E-state index contributed by atoms with van der Waals surface area (Å²) in [6, 6.07) is 8.37. The number of rotatable bonds is 2. The van der Waals surface area contributed by atoms with Crippen LogP contribution in [0.15, 0.2) is 34.5 Å². The first-order valence-corrected chi connectivity index (χ1v) is 5.34. The molecule has 1 N–H and O–H groups in total. The van der Waals surface area contributed by atoms with Crippen LogP contribution < -0.4 is 9.80 Å². The van der Waals surface area contributed by atoms with E-state index in [1.54, 1.807) is 0 Å². The Balaban J connectivity index is 2.24. The van der Waals surface area contributed by atoms with Gasteiger partial charge in [0.05, 0.1) is 12.6 Å². The van der Waals surface area contributed by atoms with Gasteiger partial charge in [-0.1, -0.05) is 10.2 Å². The lowest BCUT2D eigenvalue weighted by Gasteiger charge is -2.13. The number of quaternary nitrogens is 1. The number of anilines is 1. The minimum absolute atomic E-state index is 0.989. The summed E-state index contributed by atoms with van der Waals surface area (Å²) in [5.74, 6) is 1.99. The molecule has 0 saturated carbocycles. The predicted molar refractivity (Wildman–Crippen MR) is 67.3 cm³/mol. The molecule has 0 saturated heterocycles. The normalized spacial score (nSPS) is 19.4. The van der Waals surface area contributed by atoms with Gasteiger partial charge in [0.25, 0.3) is 5.84 Å². The molecule has 0 aromatic heterocycles. The summed E-state index contributed by atoms with van der Waals surface area (Å²) in [5.41, 5.74) is 2.32. The van der Waals surface area contributed by atoms with Crippen LogP contribution in [0, 0.1) is 0 Å². The summed E-state index contributed by atoms with van der Waals surface area (Å²) in [5, 5.41) is 8.29. The van der Waals surface area contributed by atoms with Crippen LogP contribution in [0.4, 0.5) is 5.69 Å². The third-order valence-corrected chi connectivity index (χ3v) is 2.86. The van der Waals surface area contributed by atoms with Crippen LogP contribution in [0.5, 0.6) is 0 Å². The molecule has 0 bridgehead atoms. The van der Waals surface area contributed by atoms with Crippen LogP contribution in [0.1, 0.15) is 12.5 Å². The lowest BCUT2D eigenvalue weighted by molar-refractivity contribution is -0.671. The molecular weight excluding hydrogens is 200 g/mol. The average molecular weight is 217 g/mol. The zero-order valence-electron chi connectivity index (χ0n) is 10.2. The molecule has 84 valence electrons. The van der Waals surface area contributed by atoms with Gasteiger partial charge >= 0.3 is 0 Å². The molecular formula is C12H17N4+. The molecule has 1 aliphatic rings. The van der Waals surface area contributed by atoms with Crippen molar-refractivity contribution < 1.29 is 4.90 Å². The monoisotopic (exact) mass is 217 g/mol. The second-order valence-corrected chi connectivity index (χ2v) is 4.20. The van der Waals surface area contributed by atoms with Gasteiger partial charge in [-0.2, -0.15) is 0 Å². The molecule has 4 nitrogen and oxygen atoms in total. The van der Waals surface area contributed by atoms with Crippen LogP contribution in [-0.2, 0) is 0 Å². The summed E-state index contributed by atoms with van der Waals surface area (Å²) in [7, 11) is 6.13. The van der Waals surface area contributed by atoms with E-state index in [1.807, 2.05) is 21.0 Å². The van der Waals surface area contributed by atoms with E-state index in [1.165, 1.54) is 5.69 Å². The third-order valence-electron chi connectivity index (χ3n) is 2.86. The Labute approximate surface area is 95.9 Å². The van der Waals surface area contributed by atoms with Gasteiger partial charge in [0.15, 0.2) is 0 Å². The van der Waals surface area contributed by atoms with Gasteiger partial charge in [-0.05, 0) is 24.3 Å². The van der Waals surface area contributed by atoms with Gasteiger partial charge in [-0.3, -0.25) is 0 Å². The fourth-order valence-corrected chi connectivity index (χ4v) is 1.64. The Bertz CT molecular complexity index is 443. The standard InChI is InChI=1S/C12H16N4/c1-9-13-14-12(16(9)4)10-5-7-11(8-6-10)15(2)3/h5-8H,1-4H3/p+1. The number of hydrogen-bond donors (Lipinski definition) is 1. The predicted octanol–water partition coefficient (Wildman–Crippen LogP) is 0.361. The van der Waals surface area contributed by atoms with Crippen molar-refractivity contribution in [2.75, 3.05) is 26.0 Å². The molecule has 1 heterocycles. The Morgan fingerprint density at radius 2 is 1.69 bits per heavy atom. The molecule has 1 aliphatic heterocycles. The zero-order chi connectivity index (χ0) is 11.7. The summed E-state index contributed by atoms with van der Waals surface area (Å²) in [6.45, 7) is 1.99. The van der Waals surface area contributed by atoms with E-state index in [9.17, 15) is 0 Å². The van der Waals surface area contributed by atoms with Crippen molar-refractivity contribution >= 4 is 17.4 Å². The van der Waals surface area contributed by atoms with Crippen molar-refractivity contribution in [3.63, 3.8) is 0 Å². The van der Waals surface area contributed by atoms with Gasteiger partial charge in [0.1, 0.15) is 0 Å². The lowest BCUT2D eigenvalue weighted by atomic mass is 10.1. The first-order valence-electron chi connectivity index (χ1n) is 5.34. The fourth-order valence-electron chi connectivity index (χ4n) is 1.64. The summed E-state index contributed by atoms with van der Waals surface area (Å²) >= 11 is 0. The largest absolute Gasteiger partial charge is 0.378 e. The number of nitrogens with one attached hydrogen (secondary N) is 1. The van der Waals surface area contributed by atoms with Gasteiger partial charge in [-0.25, -0.2) is 4.90 Å². The number of nitrogens with zero attached hydrogens (tertiary/aromatic N) is 3. The van der Waals surface area contributed by atoms with Gasteiger partial charge in [-0.15, -0.1) is 0 Å². The highest BCUT2D eigenvalue weighted by Crippen LogP contribution is 2.12. The van der Waals surface area contributed by atoms with Crippen molar-refractivity contribution in [2.24, 2.45) is 10.2 Å².